The van der Waals surface area contributed by atoms with Crippen molar-refractivity contribution in [3.63, 3.8) is 0 Å². The molecule has 2 nitrogen and oxygen atoms in total. The van der Waals surface area contributed by atoms with E-state index < -0.39 is 0 Å². The molecule has 0 bridgehead atoms. The summed E-state index contributed by atoms with van der Waals surface area (Å²) in [6, 6.07) is 0.312. The SMILES string of the molecule is CC1=CSC2(CC(C)C)C(=O)NC12. The monoisotopic (exact) mass is 197 g/mol. The number of amides is 1. The van der Waals surface area contributed by atoms with Gasteiger partial charge < -0.3 is 5.32 Å². The van der Waals surface area contributed by atoms with E-state index in [1.165, 1.54) is 5.57 Å². The standard InChI is InChI=1S/C10H15NOS/c1-6(2)4-10-8(11-9(10)12)7(3)5-13-10/h5-6,8H,4H2,1-3H3,(H,11,12). The van der Waals surface area contributed by atoms with Crippen molar-refractivity contribution in [2.24, 2.45) is 5.92 Å². The molecule has 13 heavy (non-hydrogen) atoms. The molecule has 1 N–H and O–H groups in total. The summed E-state index contributed by atoms with van der Waals surface area (Å²) >= 11 is 1.71. The topological polar surface area (TPSA) is 29.1 Å². The van der Waals surface area contributed by atoms with Gasteiger partial charge in [0.05, 0.1) is 6.04 Å². The van der Waals surface area contributed by atoms with Crippen LogP contribution in [-0.2, 0) is 4.79 Å². The molecule has 0 radical (unpaired) electrons. The van der Waals surface area contributed by atoms with Crippen LogP contribution in [0.2, 0.25) is 0 Å². The van der Waals surface area contributed by atoms with Crippen LogP contribution < -0.4 is 5.32 Å². The fourth-order valence-electron chi connectivity index (χ4n) is 2.16. The van der Waals surface area contributed by atoms with Crippen LogP contribution in [0.5, 0.6) is 0 Å². The summed E-state index contributed by atoms with van der Waals surface area (Å²) in [7, 11) is 0. The summed E-state index contributed by atoms with van der Waals surface area (Å²) in [5.41, 5.74) is 1.31. The van der Waals surface area contributed by atoms with Gasteiger partial charge in [-0.2, -0.15) is 0 Å². The lowest BCUT2D eigenvalue weighted by molar-refractivity contribution is -0.131. The molecule has 3 heteroatoms. The van der Waals surface area contributed by atoms with Gasteiger partial charge in [-0.3, -0.25) is 4.79 Å². The lowest BCUT2D eigenvalue weighted by Gasteiger charge is -2.45. The van der Waals surface area contributed by atoms with E-state index in [0.29, 0.717) is 12.0 Å². The first-order valence-corrected chi connectivity index (χ1v) is 5.59. The Kier molecular flexibility index (Phi) is 1.95. The molecule has 72 valence electrons. The van der Waals surface area contributed by atoms with Crippen molar-refractivity contribution in [1.82, 2.24) is 5.32 Å². The van der Waals surface area contributed by atoms with Crippen LogP contribution in [-0.4, -0.2) is 16.7 Å². The molecule has 2 atom stereocenters. The Morgan fingerprint density at radius 3 is 2.85 bits per heavy atom. The highest BCUT2D eigenvalue weighted by Crippen LogP contribution is 2.49. The van der Waals surface area contributed by atoms with Crippen LogP contribution >= 0.6 is 11.8 Å². The highest BCUT2D eigenvalue weighted by molar-refractivity contribution is 8.04. The minimum Gasteiger partial charge on any atom is -0.346 e. The highest BCUT2D eigenvalue weighted by atomic mass is 32.2. The van der Waals surface area contributed by atoms with Crippen molar-refractivity contribution in [1.29, 1.82) is 0 Å². The van der Waals surface area contributed by atoms with Gasteiger partial charge in [-0.05, 0) is 30.2 Å². The van der Waals surface area contributed by atoms with Crippen LogP contribution in [0.15, 0.2) is 11.0 Å². The van der Waals surface area contributed by atoms with Gasteiger partial charge in [0.25, 0.3) is 0 Å². The molecular formula is C10H15NOS. The zero-order valence-corrected chi connectivity index (χ0v) is 9.07. The van der Waals surface area contributed by atoms with Gasteiger partial charge in [0.15, 0.2) is 0 Å². The Morgan fingerprint density at radius 1 is 1.69 bits per heavy atom. The fourth-order valence-corrected chi connectivity index (χ4v) is 3.67. The van der Waals surface area contributed by atoms with E-state index in [9.17, 15) is 4.79 Å². The van der Waals surface area contributed by atoms with Gasteiger partial charge in [-0.15, -0.1) is 11.8 Å². The number of carbonyl (C=O) groups is 1. The van der Waals surface area contributed by atoms with E-state index in [0.717, 1.165) is 6.42 Å². The molecule has 0 aliphatic carbocycles. The molecule has 1 fully saturated rings. The summed E-state index contributed by atoms with van der Waals surface area (Å²) in [6.45, 7) is 6.44. The number of carbonyl (C=O) groups excluding carboxylic acids is 1. The van der Waals surface area contributed by atoms with Crippen LogP contribution in [0.4, 0.5) is 0 Å². The van der Waals surface area contributed by atoms with Crippen LogP contribution in [0.25, 0.3) is 0 Å². The van der Waals surface area contributed by atoms with Crippen LogP contribution in [0.1, 0.15) is 27.2 Å². The predicted molar refractivity (Wildman–Crippen MR) is 55.5 cm³/mol. The maximum Gasteiger partial charge on any atom is 0.239 e. The van der Waals surface area contributed by atoms with E-state index >= 15 is 0 Å². The molecule has 0 aromatic rings. The first-order chi connectivity index (χ1) is 6.06. The second kappa shape index (κ2) is 2.77. The molecular weight excluding hydrogens is 182 g/mol. The zero-order valence-electron chi connectivity index (χ0n) is 8.26. The molecule has 0 aromatic carbocycles. The highest BCUT2D eigenvalue weighted by Gasteiger charge is 2.58. The number of β-lactam (4-membered cyclic amide) rings is 1. The molecule has 2 unspecified atom stereocenters. The van der Waals surface area contributed by atoms with Crippen LogP contribution in [0.3, 0.4) is 0 Å². The predicted octanol–water partition coefficient (Wildman–Crippen LogP) is 1.92. The van der Waals surface area contributed by atoms with Crippen molar-refractivity contribution < 1.29 is 4.79 Å². The first-order valence-electron chi connectivity index (χ1n) is 4.72. The molecule has 1 amide bonds. The number of nitrogens with one attached hydrogen (secondary N) is 1. The number of hydrogen-bond acceptors (Lipinski definition) is 2. The summed E-state index contributed by atoms with van der Waals surface area (Å²) in [4.78, 5) is 11.5. The second-order valence-corrected chi connectivity index (χ2v) is 5.57. The smallest absolute Gasteiger partial charge is 0.239 e. The lowest BCUT2D eigenvalue weighted by atomic mass is 9.80. The van der Waals surface area contributed by atoms with E-state index in [1.807, 2.05) is 0 Å². The van der Waals surface area contributed by atoms with Gasteiger partial charge in [-0.1, -0.05) is 13.8 Å². The number of hydrogen-bond donors (Lipinski definition) is 1. The van der Waals surface area contributed by atoms with Crippen molar-refractivity contribution in [3.8, 4) is 0 Å². The van der Waals surface area contributed by atoms with Crippen molar-refractivity contribution in [2.45, 2.75) is 38.0 Å². The summed E-state index contributed by atoms with van der Waals surface area (Å²) in [6.07, 6.45) is 0.988. The number of rotatable bonds is 2. The Bertz CT molecular complexity index is 285. The fraction of sp³-hybridized carbons (Fsp3) is 0.700. The molecule has 2 aliphatic rings. The second-order valence-electron chi connectivity index (χ2n) is 4.37. The largest absolute Gasteiger partial charge is 0.346 e. The number of fused-ring (bicyclic) bond motifs is 1. The van der Waals surface area contributed by atoms with Gasteiger partial charge in [0, 0.05) is 0 Å². The van der Waals surface area contributed by atoms with Gasteiger partial charge in [0.1, 0.15) is 4.75 Å². The average Bonchev–Trinajstić information content (AvgIpc) is 2.28. The van der Waals surface area contributed by atoms with Crippen molar-refractivity contribution >= 4 is 17.7 Å². The molecule has 0 spiro atoms. The normalized spacial score (nSPS) is 36.8. The molecule has 2 heterocycles. The van der Waals surface area contributed by atoms with Crippen molar-refractivity contribution in [2.75, 3.05) is 0 Å². The first kappa shape index (κ1) is 9.13. The van der Waals surface area contributed by atoms with E-state index in [1.54, 1.807) is 11.8 Å². The van der Waals surface area contributed by atoms with Crippen LogP contribution in [0, 0.1) is 5.92 Å². The Hall–Kier alpha value is -0.440. The Morgan fingerprint density at radius 2 is 2.38 bits per heavy atom. The third kappa shape index (κ3) is 1.13. The molecule has 2 aliphatic heterocycles. The zero-order chi connectivity index (χ0) is 9.64. The molecule has 2 rings (SSSR count). The summed E-state index contributed by atoms with van der Waals surface area (Å²) < 4.78 is -0.141. The van der Waals surface area contributed by atoms with Crippen molar-refractivity contribution in [3.05, 3.63) is 11.0 Å². The third-order valence-corrected chi connectivity index (χ3v) is 4.25. The molecule has 0 saturated carbocycles. The van der Waals surface area contributed by atoms with Gasteiger partial charge in [-0.25, -0.2) is 0 Å². The minimum atomic E-state index is -0.141. The molecule has 0 aromatic heterocycles. The summed E-state index contributed by atoms with van der Waals surface area (Å²) in [5.74, 6) is 0.810. The summed E-state index contributed by atoms with van der Waals surface area (Å²) in [5, 5.41) is 5.10. The van der Waals surface area contributed by atoms with E-state index in [4.69, 9.17) is 0 Å². The van der Waals surface area contributed by atoms with E-state index in [-0.39, 0.29) is 10.7 Å². The Balaban J connectivity index is 2.18. The number of thioether (sulfide) groups is 1. The maximum absolute atomic E-state index is 11.5. The van der Waals surface area contributed by atoms with E-state index in [2.05, 4.69) is 31.5 Å². The lowest BCUT2D eigenvalue weighted by Crippen LogP contribution is -2.69. The average molecular weight is 197 g/mol. The molecule has 1 saturated heterocycles. The minimum absolute atomic E-state index is 0.141. The third-order valence-electron chi connectivity index (χ3n) is 2.75. The maximum atomic E-state index is 11.5. The Labute approximate surface area is 83.2 Å². The quantitative estimate of drug-likeness (QED) is 0.685. The van der Waals surface area contributed by atoms with Gasteiger partial charge in [0.2, 0.25) is 5.91 Å². The van der Waals surface area contributed by atoms with Gasteiger partial charge >= 0.3 is 0 Å².